The maximum Gasteiger partial charge on any atom is 0.305 e. The number of amides is 1. The summed E-state index contributed by atoms with van der Waals surface area (Å²) in [6, 6.07) is -0.562. The second-order valence-electron chi connectivity index (χ2n) is 18.2. The van der Waals surface area contributed by atoms with E-state index in [9.17, 15) is 19.8 Å². The summed E-state index contributed by atoms with van der Waals surface area (Å²) in [7, 11) is 0. The van der Waals surface area contributed by atoms with Crippen molar-refractivity contribution in [2.75, 3.05) is 13.2 Å². The molecule has 2 atom stereocenters. The molecule has 0 aliphatic heterocycles. The van der Waals surface area contributed by atoms with Crippen LogP contribution in [0.15, 0.2) is 24.3 Å². The van der Waals surface area contributed by atoms with Gasteiger partial charge in [-0.05, 0) is 77.0 Å². The number of nitrogens with one attached hydrogen (secondary N) is 1. The quantitative estimate of drug-likeness (QED) is 0.0322. The van der Waals surface area contributed by atoms with Crippen LogP contribution in [0.4, 0.5) is 0 Å². The Labute approximate surface area is 373 Å². The normalized spacial score (nSPS) is 12.8. The average Bonchev–Trinajstić information content (AvgIpc) is 3.25. The lowest BCUT2D eigenvalue weighted by Gasteiger charge is -2.22. The molecule has 2 unspecified atom stereocenters. The number of carbonyl (C=O) groups is 2. The fraction of sp³-hybridized carbons (Fsp3) is 0.889. The Morgan fingerprint density at radius 2 is 0.783 bits per heavy atom. The highest BCUT2D eigenvalue weighted by Crippen LogP contribution is 2.16. The number of esters is 1. The minimum Gasteiger partial charge on any atom is -0.466 e. The van der Waals surface area contributed by atoms with E-state index >= 15 is 0 Å². The van der Waals surface area contributed by atoms with Crippen LogP contribution in [0.5, 0.6) is 0 Å². The number of allylic oxidation sites excluding steroid dienone is 4. The van der Waals surface area contributed by atoms with Gasteiger partial charge in [-0.25, -0.2) is 0 Å². The third kappa shape index (κ3) is 45.9. The molecular weight excluding hydrogens is 743 g/mol. The first-order valence-corrected chi connectivity index (χ1v) is 26.6. The van der Waals surface area contributed by atoms with E-state index in [1.165, 1.54) is 167 Å². The number of unbranched alkanes of at least 4 members (excludes halogenated alkanes) is 34. The van der Waals surface area contributed by atoms with Gasteiger partial charge in [0.05, 0.1) is 25.4 Å². The summed E-state index contributed by atoms with van der Waals surface area (Å²) >= 11 is 0. The predicted molar refractivity (Wildman–Crippen MR) is 260 cm³/mol. The SMILES string of the molecule is CCCCCCCCC/C=C\CCCCCCCCCC(=O)OCCCC/C=C\CCCCCCCC(=O)NC(CO)C(O)CCCCCCCCCCCCCCCC. The van der Waals surface area contributed by atoms with Crippen LogP contribution in [-0.4, -0.2) is 47.4 Å². The summed E-state index contributed by atoms with van der Waals surface area (Å²) in [6.07, 6.45) is 58.7. The molecule has 0 aromatic rings. The Morgan fingerprint density at radius 1 is 0.450 bits per heavy atom. The van der Waals surface area contributed by atoms with Gasteiger partial charge in [-0.2, -0.15) is 0 Å². The van der Waals surface area contributed by atoms with Gasteiger partial charge in [0.1, 0.15) is 0 Å². The molecule has 0 fully saturated rings. The molecule has 0 saturated carbocycles. The van der Waals surface area contributed by atoms with Gasteiger partial charge in [0.15, 0.2) is 0 Å². The number of aliphatic hydroxyl groups is 2. The lowest BCUT2D eigenvalue weighted by molar-refractivity contribution is -0.143. The molecule has 0 bridgehead atoms. The summed E-state index contributed by atoms with van der Waals surface area (Å²) in [5.41, 5.74) is 0. The zero-order valence-corrected chi connectivity index (χ0v) is 40.2. The molecule has 6 heteroatoms. The molecule has 3 N–H and O–H groups in total. The molecule has 0 aromatic heterocycles. The van der Waals surface area contributed by atoms with Crippen molar-refractivity contribution in [1.29, 1.82) is 0 Å². The number of hydrogen-bond acceptors (Lipinski definition) is 5. The van der Waals surface area contributed by atoms with Gasteiger partial charge in [-0.1, -0.05) is 218 Å². The molecule has 6 nitrogen and oxygen atoms in total. The van der Waals surface area contributed by atoms with E-state index in [-0.39, 0.29) is 18.5 Å². The number of aliphatic hydroxyl groups excluding tert-OH is 2. The van der Waals surface area contributed by atoms with E-state index in [0.717, 1.165) is 83.5 Å². The summed E-state index contributed by atoms with van der Waals surface area (Å²) in [4.78, 5) is 24.5. The summed E-state index contributed by atoms with van der Waals surface area (Å²) in [5.74, 6) is -0.0980. The molecule has 0 heterocycles. The van der Waals surface area contributed by atoms with Crippen molar-refractivity contribution in [3.8, 4) is 0 Å². The Morgan fingerprint density at radius 3 is 1.18 bits per heavy atom. The molecule has 0 radical (unpaired) electrons. The lowest BCUT2D eigenvalue weighted by Crippen LogP contribution is -2.45. The third-order valence-corrected chi connectivity index (χ3v) is 12.2. The van der Waals surface area contributed by atoms with Gasteiger partial charge in [0.25, 0.3) is 0 Å². The van der Waals surface area contributed by atoms with Gasteiger partial charge < -0.3 is 20.3 Å². The average molecular weight is 846 g/mol. The van der Waals surface area contributed by atoms with Crippen molar-refractivity contribution < 1.29 is 24.5 Å². The van der Waals surface area contributed by atoms with Crippen LogP contribution in [0.25, 0.3) is 0 Å². The van der Waals surface area contributed by atoms with Crippen molar-refractivity contribution in [3.63, 3.8) is 0 Å². The third-order valence-electron chi connectivity index (χ3n) is 12.2. The number of ether oxygens (including phenoxy) is 1. The lowest BCUT2D eigenvalue weighted by atomic mass is 10.0. The van der Waals surface area contributed by atoms with E-state index in [1.807, 2.05) is 0 Å². The smallest absolute Gasteiger partial charge is 0.305 e. The van der Waals surface area contributed by atoms with E-state index < -0.39 is 12.1 Å². The van der Waals surface area contributed by atoms with Crippen LogP contribution < -0.4 is 5.32 Å². The van der Waals surface area contributed by atoms with Gasteiger partial charge in [-0.3, -0.25) is 9.59 Å². The maximum atomic E-state index is 12.4. The molecule has 0 aliphatic rings. The van der Waals surface area contributed by atoms with E-state index in [0.29, 0.717) is 25.9 Å². The van der Waals surface area contributed by atoms with Crippen LogP contribution in [0.3, 0.4) is 0 Å². The van der Waals surface area contributed by atoms with Crippen molar-refractivity contribution in [1.82, 2.24) is 5.32 Å². The zero-order chi connectivity index (χ0) is 43.7. The van der Waals surface area contributed by atoms with Gasteiger partial charge in [-0.15, -0.1) is 0 Å². The van der Waals surface area contributed by atoms with Crippen LogP contribution in [0.2, 0.25) is 0 Å². The molecule has 0 aromatic carbocycles. The van der Waals surface area contributed by atoms with Crippen molar-refractivity contribution in [3.05, 3.63) is 24.3 Å². The highest BCUT2D eigenvalue weighted by atomic mass is 16.5. The van der Waals surface area contributed by atoms with Crippen molar-refractivity contribution in [2.24, 2.45) is 0 Å². The fourth-order valence-electron chi connectivity index (χ4n) is 8.10. The van der Waals surface area contributed by atoms with E-state index in [4.69, 9.17) is 4.74 Å². The Balaban J connectivity index is 3.50. The molecule has 0 spiro atoms. The molecular formula is C54H103NO5. The molecule has 60 heavy (non-hydrogen) atoms. The van der Waals surface area contributed by atoms with Gasteiger partial charge in [0, 0.05) is 12.8 Å². The van der Waals surface area contributed by atoms with Crippen LogP contribution in [0, 0.1) is 0 Å². The van der Waals surface area contributed by atoms with Gasteiger partial charge in [0.2, 0.25) is 5.91 Å². The predicted octanol–water partition coefficient (Wildman–Crippen LogP) is 15.9. The zero-order valence-electron chi connectivity index (χ0n) is 40.2. The summed E-state index contributed by atoms with van der Waals surface area (Å²) in [6.45, 7) is 4.87. The molecule has 0 rings (SSSR count). The number of carbonyl (C=O) groups excluding carboxylic acids is 2. The first-order valence-electron chi connectivity index (χ1n) is 26.6. The first-order chi connectivity index (χ1) is 29.5. The second kappa shape index (κ2) is 50.0. The van der Waals surface area contributed by atoms with Crippen LogP contribution >= 0.6 is 0 Å². The Hall–Kier alpha value is -1.66. The standard InChI is InChI=1S/C54H103NO5/c1-3-5-7-9-11-13-15-17-19-20-21-22-24-28-32-36-40-44-48-54(59)60-49-45-41-37-33-29-25-27-31-35-39-43-47-53(58)55-51(50-56)52(57)46-42-38-34-30-26-23-18-16-14-12-10-8-6-4-2/h19-20,29,33,51-52,56-57H,3-18,21-28,30-32,34-50H2,1-2H3,(H,55,58)/b20-19-,33-29-. The topological polar surface area (TPSA) is 95.9 Å². The van der Waals surface area contributed by atoms with Crippen LogP contribution in [-0.2, 0) is 14.3 Å². The maximum absolute atomic E-state index is 12.4. The number of hydrogen-bond donors (Lipinski definition) is 3. The highest BCUT2D eigenvalue weighted by Gasteiger charge is 2.20. The Kier molecular flexibility index (Phi) is 48.6. The molecule has 354 valence electrons. The minimum absolute atomic E-state index is 0.0341. The highest BCUT2D eigenvalue weighted by molar-refractivity contribution is 5.76. The van der Waals surface area contributed by atoms with Crippen molar-refractivity contribution in [2.45, 2.75) is 296 Å². The molecule has 0 saturated heterocycles. The first kappa shape index (κ1) is 58.3. The largest absolute Gasteiger partial charge is 0.466 e. The summed E-state index contributed by atoms with van der Waals surface area (Å²) in [5, 5.41) is 23.2. The molecule has 0 aliphatic carbocycles. The van der Waals surface area contributed by atoms with Gasteiger partial charge >= 0.3 is 5.97 Å². The summed E-state index contributed by atoms with van der Waals surface area (Å²) < 4.78 is 5.45. The monoisotopic (exact) mass is 846 g/mol. The van der Waals surface area contributed by atoms with Crippen molar-refractivity contribution >= 4 is 11.9 Å². The fourth-order valence-corrected chi connectivity index (χ4v) is 8.10. The Bertz CT molecular complexity index is 935. The van der Waals surface area contributed by atoms with E-state index in [2.05, 4.69) is 43.5 Å². The number of rotatable bonds is 49. The van der Waals surface area contributed by atoms with E-state index in [1.54, 1.807) is 0 Å². The van der Waals surface area contributed by atoms with Crippen LogP contribution in [0.1, 0.15) is 284 Å². The minimum atomic E-state index is -0.682. The molecule has 1 amide bonds. The second-order valence-corrected chi connectivity index (χ2v) is 18.2.